The average molecular weight is 183 g/mol. The van der Waals surface area contributed by atoms with E-state index in [0.29, 0.717) is 0 Å². The molecule has 5 heteroatoms. The second-order valence-corrected chi connectivity index (χ2v) is 2.71. The molecule has 0 spiro atoms. The van der Waals surface area contributed by atoms with E-state index in [2.05, 4.69) is 0 Å². The number of carbonyl (C=O) groups is 2. The van der Waals surface area contributed by atoms with E-state index in [4.69, 9.17) is 5.11 Å². The molecule has 0 saturated heterocycles. The van der Waals surface area contributed by atoms with Crippen molar-refractivity contribution in [2.24, 2.45) is 7.05 Å². The van der Waals surface area contributed by atoms with Crippen LogP contribution in [0.3, 0.4) is 0 Å². The number of aryl methyl sites for hydroxylation is 1. The lowest BCUT2D eigenvalue weighted by Gasteiger charge is -1.97. The molecule has 0 aromatic carbocycles. The van der Waals surface area contributed by atoms with E-state index in [1.807, 2.05) is 0 Å². The van der Waals surface area contributed by atoms with Gasteiger partial charge in [-0.05, 0) is 0 Å². The minimum absolute atomic E-state index is 0.0115. The Morgan fingerprint density at radius 2 is 2.00 bits per heavy atom. The number of hydrogen-bond acceptors (Lipinski definition) is 3. The third kappa shape index (κ3) is 1.40. The third-order valence-corrected chi connectivity index (χ3v) is 1.72. The summed E-state index contributed by atoms with van der Waals surface area (Å²) in [5, 5.41) is 17.9. The molecule has 13 heavy (non-hydrogen) atoms. The summed E-state index contributed by atoms with van der Waals surface area (Å²) in [6.07, 6.45) is 1.20. The Morgan fingerprint density at radius 3 is 2.23 bits per heavy atom. The van der Waals surface area contributed by atoms with Crippen LogP contribution in [0.2, 0.25) is 0 Å². The number of carboxylic acids is 1. The number of aromatic nitrogens is 1. The molecule has 70 valence electrons. The summed E-state index contributed by atoms with van der Waals surface area (Å²) in [4.78, 5) is 21.5. The summed E-state index contributed by atoms with van der Waals surface area (Å²) in [5.41, 5.74) is -0.245. The van der Waals surface area contributed by atoms with E-state index in [1.54, 1.807) is 0 Å². The van der Waals surface area contributed by atoms with Gasteiger partial charge in [-0.1, -0.05) is 0 Å². The van der Waals surface area contributed by atoms with Crippen molar-refractivity contribution in [1.82, 2.24) is 4.57 Å². The summed E-state index contributed by atoms with van der Waals surface area (Å²) >= 11 is 0. The van der Waals surface area contributed by atoms with Crippen LogP contribution in [0.5, 0.6) is 5.75 Å². The van der Waals surface area contributed by atoms with E-state index >= 15 is 0 Å². The zero-order valence-electron chi connectivity index (χ0n) is 7.24. The third-order valence-electron chi connectivity index (χ3n) is 1.72. The molecule has 0 saturated carbocycles. The van der Waals surface area contributed by atoms with Crippen molar-refractivity contribution < 1.29 is 19.8 Å². The predicted octanol–water partition coefficient (Wildman–Crippen LogP) is 0.631. The number of Topliss-reactive ketones (excluding diaryl/α,β-unsaturated/α-hetero) is 1. The first-order valence-electron chi connectivity index (χ1n) is 3.57. The number of hydrogen-bond donors (Lipinski definition) is 2. The number of nitrogens with zero attached hydrogens (tertiary/aromatic N) is 1. The number of carbonyl (C=O) groups excluding carboxylic acids is 1. The van der Waals surface area contributed by atoms with Gasteiger partial charge in [0.2, 0.25) is 0 Å². The van der Waals surface area contributed by atoms with Gasteiger partial charge in [-0.3, -0.25) is 4.79 Å². The molecular weight excluding hydrogens is 174 g/mol. The molecule has 1 aromatic rings. The van der Waals surface area contributed by atoms with Gasteiger partial charge in [0.1, 0.15) is 11.3 Å². The Bertz CT molecular complexity index is 378. The van der Waals surface area contributed by atoms with Gasteiger partial charge in [0, 0.05) is 20.2 Å². The van der Waals surface area contributed by atoms with E-state index in [0.717, 1.165) is 0 Å². The summed E-state index contributed by atoms with van der Waals surface area (Å²) in [7, 11) is 1.50. The van der Waals surface area contributed by atoms with Gasteiger partial charge in [-0.25, -0.2) is 4.79 Å². The molecule has 2 N–H and O–H groups in total. The zero-order chi connectivity index (χ0) is 10.2. The predicted molar refractivity (Wildman–Crippen MR) is 44.0 cm³/mol. The van der Waals surface area contributed by atoms with Crippen molar-refractivity contribution in [1.29, 1.82) is 0 Å². The SMILES string of the molecule is CC(=O)c1c(O)c(C(=O)O)cn1C. The van der Waals surface area contributed by atoms with E-state index in [9.17, 15) is 14.7 Å². The molecule has 1 rings (SSSR count). The quantitative estimate of drug-likeness (QED) is 0.659. The van der Waals surface area contributed by atoms with E-state index < -0.39 is 11.7 Å². The van der Waals surface area contributed by atoms with Gasteiger partial charge in [0.05, 0.1) is 0 Å². The number of aromatic hydroxyl groups is 1. The molecule has 0 fully saturated rings. The first-order chi connectivity index (χ1) is 5.95. The van der Waals surface area contributed by atoms with Crippen molar-refractivity contribution in [3.63, 3.8) is 0 Å². The van der Waals surface area contributed by atoms with Gasteiger partial charge in [-0.2, -0.15) is 0 Å². The van der Waals surface area contributed by atoms with Crippen LogP contribution >= 0.6 is 0 Å². The van der Waals surface area contributed by atoms with Crippen LogP contribution in [0.1, 0.15) is 27.8 Å². The minimum atomic E-state index is -1.25. The van der Waals surface area contributed by atoms with Crippen molar-refractivity contribution >= 4 is 11.8 Å². The highest BCUT2D eigenvalue weighted by molar-refractivity contribution is 6.01. The van der Waals surface area contributed by atoms with Gasteiger partial charge >= 0.3 is 5.97 Å². The summed E-state index contributed by atoms with van der Waals surface area (Å²) in [6.45, 7) is 1.26. The largest absolute Gasteiger partial charge is 0.505 e. The molecule has 0 aliphatic rings. The Balaban J connectivity index is 3.39. The molecule has 1 heterocycles. The lowest BCUT2D eigenvalue weighted by atomic mass is 10.2. The smallest absolute Gasteiger partial charge is 0.341 e. The number of carboxylic acid groups (broad SMARTS) is 1. The maximum Gasteiger partial charge on any atom is 0.341 e. The van der Waals surface area contributed by atoms with Crippen LogP contribution in [0.15, 0.2) is 6.20 Å². The van der Waals surface area contributed by atoms with Crippen LogP contribution in [-0.2, 0) is 7.05 Å². The Hall–Kier alpha value is -1.78. The topological polar surface area (TPSA) is 79.5 Å². The summed E-state index contributed by atoms with van der Waals surface area (Å²) in [6, 6.07) is 0. The van der Waals surface area contributed by atoms with Crippen molar-refractivity contribution in [3.05, 3.63) is 17.5 Å². The molecular formula is C8H9NO4. The maximum atomic E-state index is 10.9. The van der Waals surface area contributed by atoms with Crippen molar-refractivity contribution in [2.75, 3.05) is 0 Å². The second kappa shape index (κ2) is 2.93. The molecule has 1 aromatic heterocycles. The Morgan fingerprint density at radius 1 is 1.46 bits per heavy atom. The number of ketones is 1. The Kier molecular flexibility index (Phi) is 2.10. The molecule has 0 amide bonds. The highest BCUT2D eigenvalue weighted by Gasteiger charge is 2.20. The normalized spacial score (nSPS) is 10.0. The molecule has 0 bridgehead atoms. The van der Waals surface area contributed by atoms with Gasteiger partial charge in [-0.15, -0.1) is 0 Å². The average Bonchev–Trinajstić information content (AvgIpc) is 2.26. The van der Waals surface area contributed by atoms with Crippen molar-refractivity contribution in [2.45, 2.75) is 6.92 Å². The number of aromatic carboxylic acids is 1. The van der Waals surface area contributed by atoms with Crippen LogP contribution < -0.4 is 0 Å². The molecule has 0 atom stereocenters. The monoisotopic (exact) mass is 183 g/mol. The standard InChI is InChI=1S/C8H9NO4/c1-4(10)6-7(11)5(8(12)13)3-9(6)2/h3,11H,1-2H3,(H,12,13). The fourth-order valence-electron chi connectivity index (χ4n) is 1.19. The second-order valence-electron chi connectivity index (χ2n) is 2.71. The molecule has 0 aliphatic heterocycles. The van der Waals surface area contributed by atoms with Gasteiger partial charge < -0.3 is 14.8 Å². The first kappa shape index (κ1) is 9.31. The van der Waals surface area contributed by atoms with Crippen LogP contribution in [0.25, 0.3) is 0 Å². The fraction of sp³-hybridized carbons (Fsp3) is 0.250. The summed E-state index contributed by atoms with van der Waals surface area (Å²) in [5.74, 6) is -2.09. The van der Waals surface area contributed by atoms with E-state index in [-0.39, 0.29) is 17.0 Å². The van der Waals surface area contributed by atoms with Gasteiger partial charge in [0.25, 0.3) is 0 Å². The fourth-order valence-corrected chi connectivity index (χ4v) is 1.19. The minimum Gasteiger partial charge on any atom is -0.505 e. The lowest BCUT2D eigenvalue weighted by molar-refractivity contribution is 0.0694. The van der Waals surface area contributed by atoms with E-state index in [1.165, 1.54) is 24.7 Å². The zero-order valence-corrected chi connectivity index (χ0v) is 7.24. The number of rotatable bonds is 2. The summed E-state index contributed by atoms with van der Waals surface area (Å²) < 4.78 is 1.29. The molecule has 5 nitrogen and oxygen atoms in total. The van der Waals surface area contributed by atoms with Gasteiger partial charge in [0.15, 0.2) is 11.5 Å². The van der Waals surface area contributed by atoms with Crippen molar-refractivity contribution in [3.8, 4) is 5.75 Å². The van der Waals surface area contributed by atoms with Crippen LogP contribution in [0.4, 0.5) is 0 Å². The highest BCUT2D eigenvalue weighted by Crippen LogP contribution is 2.24. The Labute approximate surface area is 74.2 Å². The first-order valence-corrected chi connectivity index (χ1v) is 3.57. The van der Waals surface area contributed by atoms with Crippen LogP contribution in [0, 0.1) is 0 Å². The lowest BCUT2D eigenvalue weighted by Crippen LogP contribution is -2.00. The molecule has 0 aliphatic carbocycles. The van der Waals surface area contributed by atoms with Crippen LogP contribution in [-0.4, -0.2) is 26.5 Å². The maximum absolute atomic E-state index is 10.9. The highest BCUT2D eigenvalue weighted by atomic mass is 16.4. The molecule has 0 radical (unpaired) electrons. The molecule has 0 unspecified atom stereocenters.